The van der Waals surface area contributed by atoms with Crippen LogP contribution in [0.2, 0.25) is 0 Å². The normalized spacial score (nSPS) is 26.3. The van der Waals surface area contributed by atoms with Crippen LogP contribution in [0, 0.1) is 0 Å². The molecular weight excluding hydrogens is 366 g/mol. The average Bonchev–Trinajstić information content (AvgIpc) is 3.03. The van der Waals surface area contributed by atoms with E-state index in [1.54, 1.807) is 4.90 Å². The molecule has 0 saturated carbocycles. The summed E-state index contributed by atoms with van der Waals surface area (Å²) < 4.78 is 31.5. The minimum Gasteiger partial charge on any atom is -0.348 e. The van der Waals surface area contributed by atoms with Gasteiger partial charge in [0.15, 0.2) is 0 Å². The zero-order chi connectivity index (χ0) is 19.1. The maximum Gasteiger partial charge on any atom is 0.240 e. The number of rotatable bonds is 4. The number of hydrogen-bond acceptors (Lipinski definition) is 5. The third-order valence-electron chi connectivity index (χ3n) is 5.77. The van der Waals surface area contributed by atoms with E-state index in [2.05, 4.69) is 23.6 Å². The molecule has 1 aromatic rings. The molecule has 4 rings (SSSR count). The molecule has 1 unspecified atom stereocenters. The van der Waals surface area contributed by atoms with E-state index in [1.807, 2.05) is 18.2 Å². The first kappa shape index (κ1) is 18.6. The van der Waals surface area contributed by atoms with Gasteiger partial charge in [-0.15, -0.1) is 0 Å². The van der Waals surface area contributed by atoms with Crippen LogP contribution in [0.15, 0.2) is 42.3 Å². The second-order valence-electron chi connectivity index (χ2n) is 7.54. The van der Waals surface area contributed by atoms with E-state index < -0.39 is 16.3 Å². The molecule has 1 spiro atoms. The van der Waals surface area contributed by atoms with Gasteiger partial charge in [0.25, 0.3) is 0 Å². The Morgan fingerprint density at radius 3 is 2.59 bits per heavy atom. The van der Waals surface area contributed by atoms with Gasteiger partial charge in [0.2, 0.25) is 15.9 Å². The van der Waals surface area contributed by atoms with Gasteiger partial charge in [-0.3, -0.25) is 9.69 Å². The number of piperidine rings is 1. The molecule has 3 aliphatic heterocycles. The molecule has 3 fully saturated rings. The Hall–Kier alpha value is -1.74. The maximum absolute atomic E-state index is 12.5. The molecule has 0 aromatic heterocycles. The van der Waals surface area contributed by atoms with E-state index in [0.717, 1.165) is 42.2 Å². The fraction of sp³-hybridized carbons (Fsp3) is 0.526. The molecule has 27 heavy (non-hydrogen) atoms. The highest BCUT2D eigenvalue weighted by molar-refractivity contribution is 7.92. The highest BCUT2D eigenvalue weighted by Gasteiger charge is 2.51. The minimum absolute atomic E-state index is 0.134. The van der Waals surface area contributed by atoms with Gasteiger partial charge in [-0.05, 0) is 18.4 Å². The molecule has 0 aliphatic carbocycles. The highest BCUT2D eigenvalue weighted by Crippen LogP contribution is 2.37. The van der Waals surface area contributed by atoms with Crippen molar-refractivity contribution < 1.29 is 17.9 Å². The number of ether oxygens (including phenoxy) is 1. The van der Waals surface area contributed by atoms with Crippen molar-refractivity contribution in [3.05, 3.63) is 47.9 Å². The Bertz CT molecular complexity index is 819. The monoisotopic (exact) mass is 391 g/mol. The van der Waals surface area contributed by atoms with Crippen LogP contribution in [0.1, 0.15) is 18.4 Å². The van der Waals surface area contributed by atoms with Gasteiger partial charge in [-0.25, -0.2) is 8.42 Å². The molecule has 1 aromatic carbocycles. The van der Waals surface area contributed by atoms with Gasteiger partial charge in [-0.1, -0.05) is 36.9 Å². The number of piperazine rings is 1. The standard InChI is InChI=1S/C19H25N3O4S/c1-2-27(24,25)21-13-17(23)22-15-19(26-18(22)14-21)8-10-20(11-9-19)12-16-6-4-3-5-7-16/h2-7,18H,1,8-15H2. The number of sulfonamides is 1. The summed E-state index contributed by atoms with van der Waals surface area (Å²) in [5, 5.41) is 0.892. The predicted molar refractivity (Wildman–Crippen MR) is 101 cm³/mol. The van der Waals surface area contributed by atoms with Crippen molar-refractivity contribution >= 4 is 15.9 Å². The number of amides is 1. The van der Waals surface area contributed by atoms with Crippen molar-refractivity contribution in [2.24, 2.45) is 0 Å². The SMILES string of the molecule is C=CS(=O)(=O)N1CC(=O)N2CC3(CCN(Cc4ccccc4)CC3)OC2C1. The molecule has 3 heterocycles. The van der Waals surface area contributed by atoms with E-state index in [1.165, 1.54) is 5.56 Å². The molecule has 0 radical (unpaired) electrons. The van der Waals surface area contributed by atoms with Gasteiger partial charge in [0, 0.05) is 25.0 Å². The summed E-state index contributed by atoms with van der Waals surface area (Å²) in [6.07, 6.45) is 1.18. The van der Waals surface area contributed by atoms with E-state index in [9.17, 15) is 13.2 Å². The summed E-state index contributed by atoms with van der Waals surface area (Å²) in [5.74, 6) is -0.194. The average molecular weight is 391 g/mol. The molecule has 8 heteroatoms. The number of carbonyl (C=O) groups excluding carboxylic acids is 1. The second kappa shape index (κ2) is 7.01. The number of benzene rings is 1. The Morgan fingerprint density at radius 2 is 1.93 bits per heavy atom. The van der Waals surface area contributed by atoms with Gasteiger partial charge in [0.05, 0.1) is 25.2 Å². The van der Waals surface area contributed by atoms with Crippen LogP contribution in [0.25, 0.3) is 0 Å². The van der Waals surface area contributed by atoms with Crippen molar-refractivity contribution in [1.82, 2.24) is 14.1 Å². The van der Waals surface area contributed by atoms with Gasteiger partial charge < -0.3 is 9.64 Å². The first-order valence-corrected chi connectivity index (χ1v) is 10.8. The lowest BCUT2D eigenvalue weighted by Crippen LogP contribution is -2.55. The summed E-state index contributed by atoms with van der Waals surface area (Å²) in [5.41, 5.74) is 0.931. The van der Waals surface area contributed by atoms with E-state index in [4.69, 9.17) is 4.74 Å². The number of fused-ring (bicyclic) bond motifs is 1. The first-order chi connectivity index (χ1) is 12.9. The molecule has 0 N–H and O–H groups in total. The van der Waals surface area contributed by atoms with Crippen molar-refractivity contribution in [3.63, 3.8) is 0 Å². The van der Waals surface area contributed by atoms with Crippen molar-refractivity contribution in [3.8, 4) is 0 Å². The van der Waals surface area contributed by atoms with E-state index in [-0.39, 0.29) is 24.6 Å². The van der Waals surface area contributed by atoms with Gasteiger partial charge in [-0.2, -0.15) is 4.31 Å². The lowest BCUT2D eigenvalue weighted by molar-refractivity contribution is -0.145. The third-order valence-corrected chi connectivity index (χ3v) is 7.19. The zero-order valence-electron chi connectivity index (χ0n) is 15.3. The number of nitrogens with zero attached hydrogens (tertiary/aromatic N) is 3. The molecule has 0 bridgehead atoms. The van der Waals surface area contributed by atoms with Crippen LogP contribution in [-0.2, 0) is 26.1 Å². The minimum atomic E-state index is -3.62. The zero-order valence-corrected chi connectivity index (χ0v) is 16.1. The van der Waals surface area contributed by atoms with Gasteiger partial charge >= 0.3 is 0 Å². The van der Waals surface area contributed by atoms with Crippen LogP contribution < -0.4 is 0 Å². The van der Waals surface area contributed by atoms with Crippen molar-refractivity contribution in [2.45, 2.75) is 31.2 Å². The highest BCUT2D eigenvalue weighted by atomic mass is 32.2. The quantitative estimate of drug-likeness (QED) is 0.766. The van der Waals surface area contributed by atoms with Crippen LogP contribution in [0.5, 0.6) is 0 Å². The smallest absolute Gasteiger partial charge is 0.240 e. The van der Waals surface area contributed by atoms with Crippen molar-refractivity contribution in [1.29, 1.82) is 0 Å². The van der Waals surface area contributed by atoms with E-state index >= 15 is 0 Å². The summed E-state index contributed by atoms with van der Waals surface area (Å²) in [4.78, 5) is 16.6. The number of carbonyl (C=O) groups is 1. The lowest BCUT2D eigenvalue weighted by Gasteiger charge is -2.38. The van der Waals surface area contributed by atoms with Crippen molar-refractivity contribution in [2.75, 3.05) is 32.7 Å². The molecular formula is C19H25N3O4S. The lowest BCUT2D eigenvalue weighted by atomic mass is 9.91. The summed E-state index contributed by atoms with van der Waals surface area (Å²) in [7, 11) is -3.62. The molecule has 1 amide bonds. The molecule has 146 valence electrons. The first-order valence-electron chi connectivity index (χ1n) is 9.27. The topological polar surface area (TPSA) is 70.2 Å². The van der Waals surface area contributed by atoms with Crippen LogP contribution in [0.3, 0.4) is 0 Å². The predicted octanol–water partition coefficient (Wildman–Crippen LogP) is 0.995. The molecule has 1 atom stereocenters. The second-order valence-corrected chi connectivity index (χ2v) is 9.42. The fourth-order valence-electron chi connectivity index (χ4n) is 4.20. The van der Waals surface area contributed by atoms with Crippen LogP contribution in [-0.4, -0.2) is 73.0 Å². The van der Waals surface area contributed by atoms with E-state index in [0.29, 0.717) is 6.54 Å². The fourth-order valence-corrected chi connectivity index (χ4v) is 5.04. The maximum atomic E-state index is 12.5. The summed E-state index contributed by atoms with van der Waals surface area (Å²) in [6.45, 7) is 6.65. The third kappa shape index (κ3) is 3.67. The summed E-state index contributed by atoms with van der Waals surface area (Å²) in [6, 6.07) is 10.4. The Balaban J connectivity index is 1.39. The Kier molecular flexibility index (Phi) is 4.84. The molecule has 3 saturated heterocycles. The van der Waals surface area contributed by atoms with Crippen LogP contribution in [0.4, 0.5) is 0 Å². The number of hydrogen-bond donors (Lipinski definition) is 0. The van der Waals surface area contributed by atoms with Crippen LogP contribution >= 0.6 is 0 Å². The Morgan fingerprint density at radius 1 is 1.22 bits per heavy atom. The van der Waals surface area contributed by atoms with Gasteiger partial charge in [0.1, 0.15) is 6.23 Å². The largest absolute Gasteiger partial charge is 0.348 e. The molecule has 7 nitrogen and oxygen atoms in total. The summed E-state index contributed by atoms with van der Waals surface area (Å²) >= 11 is 0. The Labute approximate surface area is 160 Å². The molecule has 3 aliphatic rings. The number of likely N-dealkylation sites (tertiary alicyclic amines) is 1.